The third-order valence-corrected chi connectivity index (χ3v) is 2.85. The Morgan fingerprint density at radius 2 is 2.00 bits per heavy atom. The predicted octanol–water partition coefficient (Wildman–Crippen LogP) is 2.74. The second-order valence-electron chi connectivity index (χ2n) is 5.25. The summed E-state index contributed by atoms with van der Waals surface area (Å²) in [5.41, 5.74) is 7.91. The molecule has 0 spiro atoms. The molecule has 0 aliphatic heterocycles. The SMILES string of the molecule is CC(C)(C)C(N)Cc1nc2ccccc2o1. The molecule has 1 aromatic carbocycles. The summed E-state index contributed by atoms with van der Waals surface area (Å²) in [6.45, 7) is 6.38. The van der Waals surface area contributed by atoms with Crippen LogP contribution < -0.4 is 5.73 Å². The maximum atomic E-state index is 6.10. The molecule has 0 saturated heterocycles. The monoisotopic (exact) mass is 218 g/mol. The van der Waals surface area contributed by atoms with Gasteiger partial charge in [0.05, 0.1) is 0 Å². The number of hydrogen-bond acceptors (Lipinski definition) is 3. The van der Waals surface area contributed by atoms with Gasteiger partial charge in [-0.05, 0) is 17.5 Å². The summed E-state index contributed by atoms with van der Waals surface area (Å²) in [7, 11) is 0. The average molecular weight is 218 g/mol. The van der Waals surface area contributed by atoms with E-state index in [-0.39, 0.29) is 11.5 Å². The van der Waals surface area contributed by atoms with Gasteiger partial charge in [-0.3, -0.25) is 0 Å². The van der Waals surface area contributed by atoms with Crippen LogP contribution in [0.4, 0.5) is 0 Å². The Morgan fingerprint density at radius 1 is 1.31 bits per heavy atom. The van der Waals surface area contributed by atoms with Crippen molar-refractivity contribution >= 4 is 11.1 Å². The molecule has 1 unspecified atom stereocenters. The van der Waals surface area contributed by atoms with E-state index in [0.29, 0.717) is 6.42 Å². The second kappa shape index (κ2) is 3.91. The molecule has 0 aliphatic rings. The molecule has 1 atom stereocenters. The molecule has 0 radical (unpaired) electrons. The van der Waals surface area contributed by atoms with Crippen LogP contribution >= 0.6 is 0 Å². The van der Waals surface area contributed by atoms with Crippen molar-refractivity contribution in [2.45, 2.75) is 33.2 Å². The first kappa shape index (κ1) is 11.1. The second-order valence-corrected chi connectivity index (χ2v) is 5.25. The first-order valence-electron chi connectivity index (χ1n) is 5.57. The van der Waals surface area contributed by atoms with E-state index in [1.165, 1.54) is 0 Å². The zero-order chi connectivity index (χ0) is 11.8. The molecule has 86 valence electrons. The molecule has 3 heteroatoms. The Hall–Kier alpha value is -1.35. The number of hydrogen-bond donors (Lipinski definition) is 1. The first-order valence-corrected chi connectivity index (χ1v) is 5.57. The maximum absolute atomic E-state index is 6.10. The Balaban J connectivity index is 2.22. The van der Waals surface area contributed by atoms with Crippen LogP contribution in [0, 0.1) is 5.41 Å². The lowest BCUT2D eigenvalue weighted by Crippen LogP contribution is -2.36. The van der Waals surface area contributed by atoms with Crippen LogP contribution in [0.5, 0.6) is 0 Å². The molecule has 2 aromatic rings. The lowest BCUT2D eigenvalue weighted by Gasteiger charge is -2.25. The Labute approximate surface area is 95.7 Å². The van der Waals surface area contributed by atoms with Gasteiger partial charge in [-0.1, -0.05) is 32.9 Å². The van der Waals surface area contributed by atoms with E-state index >= 15 is 0 Å². The van der Waals surface area contributed by atoms with Gasteiger partial charge in [0.25, 0.3) is 0 Å². The van der Waals surface area contributed by atoms with Crippen LogP contribution in [0.2, 0.25) is 0 Å². The minimum absolute atomic E-state index is 0.0561. The van der Waals surface area contributed by atoms with Crippen molar-refractivity contribution in [1.29, 1.82) is 0 Å². The average Bonchev–Trinajstić information content (AvgIpc) is 2.58. The van der Waals surface area contributed by atoms with Gasteiger partial charge in [-0.15, -0.1) is 0 Å². The number of benzene rings is 1. The Bertz CT molecular complexity index is 449. The highest BCUT2D eigenvalue weighted by atomic mass is 16.3. The van der Waals surface area contributed by atoms with Crippen molar-refractivity contribution in [2.75, 3.05) is 0 Å². The van der Waals surface area contributed by atoms with Gasteiger partial charge in [0.15, 0.2) is 11.5 Å². The molecule has 0 amide bonds. The smallest absolute Gasteiger partial charge is 0.197 e. The molecule has 2 N–H and O–H groups in total. The number of nitrogens with two attached hydrogens (primary N) is 1. The van der Waals surface area contributed by atoms with Gasteiger partial charge in [0.2, 0.25) is 0 Å². The molecular formula is C13H18N2O. The molecule has 0 aliphatic carbocycles. The molecular weight excluding hydrogens is 200 g/mol. The predicted molar refractivity (Wildman–Crippen MR) is 65.1 cm³/mol. The minimum atomic E-state index is 0.0561. The van der Waals surface area contributed by atoms with E-state index in [1.807, 2.05) is 24.3 Å². The van der Waals surface area contributed by atoms with E-state index < -0.39 is 0 Å². The van der Waals surface area contributed by atoms with Gasteiger partial charge >= 0.3 is 0 Å². The third kappa shape index (κ3) is 2.25. The highest BCUT2D eigenvalue weighted by molar-refractivity contribution is 5.72. The zero-order valence-corrected chi connectivity index (χ0v) is 10.0. The van der Waals surface area contributed by atoms with Crippen molar-refractivity contribution in [3.8, 4) is 0 Å². The van der Waals surface area contributed by atoms with Crippen molar-refractivity contribution in [3.05, 3.63) is 30.2 Å². The fourth-order valence-electron chi connectivity index (χ4n) is 1.50. The summed E-state index contributed by atoms with van der Waals surface area (Å²) in [6.07, 6.45) is 0.679. The topological polar surface area (TPSA) is 52.0 Å². The molecule has 16 heavy (non-hydrogen) atoms. The molecule has 1 aromatic heterocycles. The highest BCUT2D eigenvalue weighted by Crippen LogP contribution is 2.22. The standard InChI is InChI=1S/C13H18N2O/c1-13(2,3)11(14)8-12-15-9-6-4-5-7-10(9)16-12/h4-7,11H,8,14H2,1-3H3. The number of aromatic nitrogens is 1. The normalized spacial score (nSPS) is 14.2. The third-order valence-electron chi connectivity index (χ3n) is 2.85. The van der Waals surface area contributed by atoms with E-state index in [0.717, 1.165) is 17.0 Å². The molecule has 2 rings (SSSR count). The van der Waals surface area contributed by atoms with Gasteiger partial charge in [-0.2, -0.15) is 0 Å². The highest BCUT2D eigenvalue weighted by Gasteiger charge is 2.22. The van der Waals surface area contributed by atoms with Crippen molar-refractivity contribution in [2.24, 2.45) is 11.1 Å². The van der Waals surface area contributed by atoms with Gasteiger partial charge in [0.1, 0.15) is 5.52 Å². The van der Waals surface area contributed by atoms with Crippen LogP contribution in [0.3, 0.4) is 0 Å². The molecule has 0 fully saturated rings. The lowest BCUT2D eigenvalue weighted by atomic mass is 9.85. The van der Waals surface area contributed by atoms with E-state index in [2.05, 4.69) is 25.8 Å². The Kier molecular flexibility index (Phi) is 2.72. The summed E-state index contributed by atoms with van der Waals surface area (Å²) >= 11 is 0. The van der Waals surface area contributed by atoms with Gasteiger partial charge < -0.3 is 10.2 Å². The molecule has 3 nitrogen and oxygen atoms in total. The number of nitrogens with zero attached hydrogens (tertiary/aromatic N) is 1. The van der Waals surface area contributed by atoms with E-state index in [1.54, 1.807) is 0 Å². The van der Waals surface area contributed by atoms with Crippen molar-refractivity contribution in [1.82, 2.24) is 4.98 Å². The van der Waals surface area contributed by atoms with Crippen LogP contribution in [-0.2, 0) is 6.42 Å². The number of oxazole rings is 1. The maximum Gasteiger partial charge on any atom is 0.197 e. The van der Waals surface area contributed by atoms with Crippen molar-refractivity contribution in [3.63, 3.8) is 0 Å². The first-order chi connectivity index (χ1) is 7.47. The molecule has 0 bridgehead atoms. The summed E-state index contributed by atoms with van der Waals surface area (Å²) in [5.74, 6) is 0.726. The van der Waals surface area contributed by atoms with Crippen LogP contribution in [-0.4, -0.2) is 11.0 Å². The minimum Gasteiger partial charge on any atom is -0.441 e. The van der Waals surface area contributed by atoms with Crippen LogP contribution in [0.15, 0.2) is 28.7 Å². The number of para-hydroxylation sites is 2. The fraction of sp³-hybridized carbons (Fsp3) is 0.462. The van der Waals surface area contributed by atoms with Crippen LogP contribution in [0.1, 0.15) is 26.7 Å². The van der Waals surface area contributed by atoms with E-state index in [4.69, 9.17) is 10.2 Å². The quantitative estimate of drug-likeness (QED) is 0.843. The summed E-state index contributed by atoms with van der Waals surface area (Å²) in [6, 6.07) is 7.83. The van der Waals surface area contributed by atoms with Gasteiger partial charge in [-0.25, -0.2) is 4.98 Å². The van der Waals surface area contributed by atoms with Crippen molar-refractivity contribution < 1.29 is 4.42 Å². The largest absolute Gasteiger partial charge is 0.441 e. The number of fused-ring (bicyclic) bond motifs is 1. The molecule has 0 saturated carbocycles. The number of rotatable bonds is 2. The zero-order valence-electron chi connectivity index (χ0n) is 10.0. The molecule has 1 heterocycles. The summed E-state index contributed by atoms with van der Waals surface area (Å²) in [5, 5.41) is 0. The summed E-state index contributed by atoms with van der Waals surface area (Å²) in [4.78, 5) is 4.42. The Morgan fingerprint density at radius 3 is 2.62 bits per heavy atom. The fourth-order valence-corrected chi connectivity index (χ4v) is 1.50. The van der Waals surface area contributed by atoms with Crippen LogP contribution in [0.25, 0.3) is 11.1 Å². The lowest BCUT2D eigenvalue weighted by molar-refractivity contribution is 0.303. The van der Waals surface area contributed by atoms with E-state index in [9.17, 15) is 0 Å². The van der Waals surface area contributed by atoms with Gasteiger partial charge in [0, 0.05) is 12.5 Å². The summed E-state index contributed by atoms with van der Waals surface area (Å²) < 4.78 is 5.64.